The number of amidine groups is 1. The molecule has 0 saturated heterocycles. The molecule has 0 fully saturated rings. The molecule has 0 amide bonds. The number of hydrogen-bond acceptors (Lipinski definition) is 4. The van der Waals surface area contributed by atoms with Crippen LogP contribution in [-0.4, -0.2) is 26.9 Å². The van der Waals surface area contributed by atoms with E-state index in [4.69, 9.17) is 10.9 Å². The third-order valence-electron chi connectivity index (χ3n) is 2.42. The fourth-order valence-corrected chi connectivity index (χ4v) is 1.46. The molecule has 6 heteroatoms. The number of nitrogens with zero attached hydrogens (tertiary/aromatic N) is 3. The quantitative estimate of drug-likeness (QED) is 0.283. The number of rotatable bonds is 6. The van der Waals surface area contributed by atoms with Crippen LogP contribution in [-0.2, 0) is 13.6 Å². The highest BCUT2D eigenvalue weighted by molar-refractivity contribution is 5.80. The number of aryl methyl sites for hydroxylation is 1. The van der Waals surface area contributed by atoms with Crippen molar-refractivity contribution in [1.29, 1.82) is 0 Å². The van der Waals surface area contributed by atoms with Crippen molar-refractivity contribution in [2.75, 3.05) is 0 Å². The van der Waals surface area contributed by atoms with Gasteiger partial charge in [-0.2, -0.15) is 5.10 Å². The van der Waals surface area contributed by atoms with Gasteiger partial charge in [0.05, 0.1) is 5.69 Å². The molecule has 0 aromatic carbocycles. The fourth-order valence-electron chi connectivity index (χ4n) is 1.46. The van der Waals surface area contributed by atoms with E-state index in [-0.39, 0.29) is 11.9 Å². The zero-order valence-corrected chi connectivity index (χ0v) is 9.72. The van der Waals surface area contributed by atoms with Gasteiger partial charge in [-0.3, -0.25) is 4.68 Å². The minimum atomic E-state index is 0.206. The van der Waals surface area contributed by atoms with Gasteiger partial charge in [0.25, 0.3) is 0 Å². The van der Waals surface area contributed by atoms with E-state index in [9.17, 15) is 0 Å². The van der Waals surface area contributed by atoms with Crippen LogP contribution >= 0.6 is 0 Å². The first-order valence-corrected chi connectivity index (χ1v) is 5.34. The van der Waals surface area contributed by atoms with Gasteiger partial charge in [0.15, 0.2) is 0 Å². The van der Waals surface area contributed by atoms with Gasteiger partial charge in [-0.25, -0.2) is 0 Å². The Morgan fingerprint density at radius 3 is 3.00 bits per heavy atom. The van der Waals surface area contributed by atoms with Crippen molar-refractivity contribution in [1.82, 2.24) is 15.1 Å². The van der Waals surface area contributed by atoms with Crippen LogP contribution in [0.15, 0.2) is 17.4 Å². The van der Waals surface area contributed by atoms with Crippen LogP contribution < -0.4 is 11.1 Å². The highest BCUT2D eigenvalue weighted by Crippen LogP contribution is 2.00. The molecule has 90 valence electrons. The summed E-state index contributed by atoms with van der Waals surface area (Å²) in [4.78, 5) is 0. The Morgan fingerprint density at radius 1 is 1.75 bits per heavy atom. The van der Waals surface area contributed by atoms with Gasteiger partial charge in [0.1, 0.15) is 5.84 Å². The highest BCUT2D eigenvalue weighted by atomic mass is 16.4. The van der Waals surface area contributed by atoms with Crippen LogP contribution in [0.2, 0.25) is 0 Å². The summed E-state index contributed by atoms with van der Waals surface area (Å²) < 4.78 is 1.77. The summed E-state index contributed by atoms with van der Waals surface area (Å²) in [5.41, 5.74) is 6.45. The molecule has 0 aliphatic rings. The molecule has 0 aliphatic heterocycles. The molecule has 1 aromatic heterocycles. The molecule has 0 bridgehead atoms. The van der Waals surface area contributed by atoms with Crippen LogP contribution in [0.4, 0.5) is 0 Å². The van der Waals surface area contributed by atoms with Crippen molar-refractivity contribution in [2.45, 2.75) is 32.4 Å². The molecular weight excluding hydrogens is 206 g/mol. The van der Waals surface area contributed by atoms with E-state index >= 15 is 0 Å². The standard InChI is InChI=1S/C10H19N5O/c1-3-8(6-10(11)14-16)12-7-9-4-5-15(2)13-9/h4-5,8,12,16H,3,6-7H2,1-2H3,(H2,11,14). The molecule has 4 N–H and O–H groups in total. The van der Waals surface area contributed by atoms with E-state index in [0.717, 1.165) is 12.1 Å². The normalized spacial score (nSPS) is 14.0. The second kappa shape index (κ2) is 6.12. The number of nitrogens with two attached hydrogens (primary N) is 1. The molecule has 1 heterocycles. The third-order valence-corrected chi connectivity index (χ3v) is 2.42. The minimum Gasteiger partial charge on any atom is -0.409 e. The lowest BCUT2D eigenvalue weighted by molar-refractivity contribution is 0.315. The van der Waals surface area contributed by atoms with Gasteiger partial charge in [-0.1, -0.05) is 12.1 Å². The average Bonchev–Trinajstić information content (AvgIpc) is 2.69. The maximum atomic E-state index is 8.49. The van der Waals surface area contributed by atoms with Gasteiger partial charge >= 0.3 is 0 Å². The van der Waals surface area contributed by atoms with Crippen LogP contribution in [0.5, 0.6) is 0 Å². The summed E-state index contributed by atoms with van der Waals surface area (Å²) in [7, 11) is 1.89. The molecule has 0 spiro atoms. The molecule has 1 unspecified atom stereocenters. The summed E-state index contributed by atoms with van der Waals surface area (Å²) >= 11 is 0. The van der Waals surface area contributed by atoms with Crippen molar-refractivity contribution >= 4 is 5.84 Å². The Labute approximate surface area is 95.1 Å². The number of oxime groups is 1. The SMILES string of the molecule is CCC(C/C(N)=N/O)NCc1ccn(C)n1. The van der Waals surface area contributed by atoms with E-state index in [1.165, 1.54) is 0 Å². The lowest BCUT2D eigenvalue weighted by Crippen LogP contribution is -2.32. The van der Waals surface area contributed by atoms with Crippen molar-refractivity contribution in [2.24, 2.45) is 17.9 Å². The van der Waals surface area contributed by atoms with Crippen molar-refractivity contribution in [3.8, 4) is 0 Å². The highest BCUT2D eigenvalue weighted by Gasteiger charge is 2.08. The lowest BCUT2D eigenvalue weighted by atomic mass is 10.1. The summed E-state index contributed by atoms with van der Waals surface area (Å²) in [6, 6.07) is 2.17. The Morgan fingerprint density at radius 2 is 2.50 bits per heavy atom. The van der Waals surface area contributed by atoms with Gasteiger partial charge < -0.3 is 16.3 Å². The molecule has 0 saturated carbocycles. The summed E-state index contributed by atoms with van der Waals surface area (Å²) in [6.45, 7) is 2.75. The fraction of sp³-hybridized carbons (Fsp3) is 0.600. The summed E-state index contributed by atoms with van der Waals surface area (Å²) in [5.74, 6) is 0.250. The van der Waals surface area contributed by atoms with Crippen LogP contribution in [0.1, 0.15) is 25.5 Å². The molecule has 1 rings (SSSR count). The predicted octanol–water partition coefficient (Wildman–Crippen LogP) is 0.425. The first-order chi connectivity index (χ1) is 7.65. The van der Waals surface area contributed by atoms with Crippen LogP contribution in [0.25, 0.3) is 0 Å². The maximum absolute atomic E-state index is 8.49. The number of nitrogens with one attached hydrogen (secondary N) is 1. The number of aromatic nitrogens is 2. The zero-order chi connectivity index (χ0) is 12.0. The predicted molar refractivity (Wildman–Crippen MR) is 62.2 cm³/mol. The molecule has 1 aromatic rings. The number of hydrogen-bond donors (Lipinski definition) is 3. The van der Waals surface area contributed by atoms with E-state index < -0.39 is 0 Å². The molecule has 0 radical (unpaired) electrons. The Balaban J connectivity index is 2.39. The monoisotopic (exact) mass is 225 g/mol. The van der Waals surface area contributed by atoms with E-state index in [1.54, 1.807) is 4.68 Å². The Hall–Kier alpha value is -1.56. The smallest absolute Gasteiger partial charge is 0.140 e. The van der Waals surface area contributed by atoms with Crippen molar-refractivity contribution in [3.05, 3.63) is 18.0 Å². The first kappa shape index (κ1) is 12.5. The third kappa shape index (κ3) is 3.90. The molecule has 6 nitrogen and oxygen atoms in total. The van der Waals surface area contributed by atoms with Crippen molar-refractivity contribution < 1.29 is 5.21 Å². The first-order valence-electron chi connectivity index (χ1n) is 5.34. The molecule has 0 aliphatic carbocycles. The lowest BCUT2D eigenvalue weighted by Gasteiger charge is -2.14. The Bertz CT molecular complexity index is 347. The molecular formula is C10H19N5O. The Kier molecular flexibility index (Phi) is 4.78. The maximum Gasteiger partial charge on any atom is 0.140 e. The van der Waals surface area contributed by atoms with Gasteiger partial charge in [-0.05, 0) is 12.5 Å². The molecule has 16 heavy (non-hydrogen) atoms. The van der Waals surface area contributed by atoms with Gasteiger partial charge in [0, 0.05) is 32.3 Å². The second-order valence-corrected chi connectivity index (χ2v) is 3.76. The van der Waals surface area contributed by atoms with Crippen LogP contribution in [0, 0.1) is 0 Å². The topological polar surface area (TPSA) is 88.5 Å². The van der Waals surface area contributed by atoms with Gasteiger partial charge in [0.2, 0.25) is 0 Å². The molecule has 1 atom stereocenters. The van der Waals surface area contributed by atoms with Crippen LogP contribution in [0.3, 0.4) is 0 Å². The summed E-state index contributed by atoms with van der Waals surface area (Å²) in [6.07, 6.45) is 3.37. The summed E-state index contributed by atoms with van der Waals surface area (Å²) in [5, 5.41) is 19.0. The van der Waals surface area contributed by atoms with Gasteiger partial charge in [-0.15, -0.1) is 0 Å². The minimum absolute atomic E-state index is 0.206. The zero-order valence-electron chi connectivity index (χ0n) is 9.72. The van der Waals surface area contributed by atoms with E-state index in [2.05, 4.69) is 22.5 Å². The average molecular weight is 225 g/mol. The van der Waals surface area contributed by atoms with Crippen molar-refractivity contribution in [3.63, 3.8) is 0 Å². The second-order valence-electron chi connectivity index (χ2n) is 3.76. The van der Waals surface area contributed by atoms with E-state index in [1.807, 2.05) is 19.3 Å². The largest absolute Gasteiger partial charge is 0.409 e. The van der Waals surface area contributed by atoms with E-state index in [0.29, 0.717) is 13.0 Å².